The summed E-state index contributed by atoms with van der Waals surface area (Å²) in [5.74, 6) is -3.63. The number of urea groups is 1. The summed E-state index contributed by atoms with van der Waals surface area (Å²) in [6.45, 7) is -0.494. The normalized spacial score (nSPS) is 36.1. The van der Waals surface area contributed by atoms with Crippen LogP contribution < -0.4 is 5.32 Å². The molecule has 0 radical (unpaired) electrons. The van der Waals surface area contributed by atoms with Gasteiger partial charge in [0.15, 0.2) is 6.10 Å². The summed E-state index contributed by atoms with van der Waals surface area (Å²) in [4.78, 5) is 12.0. The number of nitrogens with zero attached hydrogens (tertiary/aromatic N) is 1. The van der Waals surface area contributed by atoms with Crippen LogP contribution in [0.3, 0.4) is 0 Å². The van der Waals surface area contributed by atoms with Crippen molar-refractivity contribution in [2.24, 2.45) is 0 Å². The van der Waals surface area contributed by atoms with Crippen molar-refractivity contribution in [3.05, 3.63) is 12.3 Å². The lowest BCUT2D eigenvalue weighted by Gasteiger charge is -2.30. The molecule has 1 fully saturated rings. The molecule has 3 atom stereocenters. The molecule has 0 bridgehead atoms. The number of aliphatic hydroxyl groups excluding tert-OH is 2. The van der Waals surface area contributed by atoms with Gasteiger partial charge in [0, 0.05) is 12.7 Å². The number of hydrogen-bond acceptors (Lipinski definition) is 4. The lowest BCUT2D eigenvalue weighted by atomic mass is 10.1. The van der Waals surface area contributed by atoms with Gasteiger partial charge < -0.3 is 20.3 Å². The number of ether oxygens (including phenoxy) is 1. The highest BCUT2D eigenvalue weighted by Gasteiger charge is 2.61. The fourth-order valence-corrected chi connectivity index (χ4v) is 1.77. The van der Waals surface area contributed by atoms with Gasteiger partial charge in [-0.25, -0.2) is 4.79 Å². The maximum atomic E-state index is 13.7. The van der Waals surface area contributed by atoms with Crippen molar-refractivity contribution < 1.29 is 28.5 Å². The van der Waals surface area contributed by atoms with Crippen LogP contribution in [-0.2, 0) is 4.74 Å². The summed E-state index contributed by atoms with van der Waals surface area (Å²) in [7, 11) is 0. The number of rotatable bonds is 2. The second-order valence-corrected chi connectivity index (χ2v) is 3.81. The SMILES string of the molecule is O=C1NCC=CN1[C@@H]1O[C@H](CO)[C@@H](O)C1(F)F. The summed E-state index contributed by atoms with van der Waals surface area (Å²) in [5.41, 5.74) is 0. The lowest BCUT2D eigenvalue weighted by Crippen LogP contribution is -2.53. The molecule has 3 N–H and O–H groups in total. The van der Waals surface area contributed by atoms with Crippen LogP contribution in [0.4, 0.5) is 13.6 Å². The Morgan fingerprint density at radius 3 is 2.88 bits per heavy atom. The lowest BCUT2D eigenvalue weighted by molar-refractivity contribution is -0.145. The molecule has 2 aliphatic rings. The molecular weight excluding hydrogens is 238 g/mol. The van der Waals surface area contributed by atoms with E-state index in [9.17, 15) is 18.7 Å². The first kappa shape index (κ1) is 12.2. The minimum absolute atomic E-state index is 0.250. The van der Waals surface area contributed by atoms with E-state index in [2.05, 4.69) is 5.32 Å². The van der Waals surface area contributed by atoms with Crippen molar-refractivity contribution >= 4 is 6.03 Å². The van der Waals surface area contributed by atoms with Crippen LogP contribution in [0.25, 0.3) is 0 Å². The Morgan fingerprint density at radius 2 is 2.35 bits per heavy atom. The van der Waals surface area contributed by atoms with Gasteiger partial charge in [-0.15, -0.1) is 0 Å². The van der Waals surface area contributed by atoms with E-state index in [0.717, 1.165) is 0 Å². The molecule has 8 heteroatoms. The highest BCUT2D eigenvalue weighted by Crippen LogP contribution is 2.38. The number of amides is 2. The van der Waals surface area contributed by atoms with Gasteiger partial charge in [-0.3, -0.25) is 4.90 Å². The van der Waals surface area contributed by atoms with E-state index >= 15 is 0 Å². The van der Waals surface area contributed by atoms with Gasteiger partial charge in [0.25, 0.3) is 0 Å². The zero-order chi connectivity index (χ0) is 12.6. The number of halogens is 2. The average molecular weight is 250 g/mol. The van der Waals surface area contributed by atoms with Gasteiger partial charge >= 0.3 is 12.0 Å². The van der Waals surface area contributed by atoms with Crippen LogP contribution in [-0.4, -0.2) is 58.7 Å². The van der Waals surface area contributed by atoms with E-state index in [1.54, 1.807) is 0 Å². The van der Waals surface area contributed by atoms with E-state index in [-0.39, 0.29) is 6.54 Å². The Morgan fingerprint density at radius 1 is 1.65 bits per heavy atom. The summed E-state index contributed by atoms with van der Waals surface area (Å²) >= 11 is 0. The zero-order valence-corrected chi connectivity index (χ0v) is 8.72. The van der Waals surface area contributed by atoms with Crippen molar-refractivity contribution in [3.63, 3.8) is 0 Å². The Balaban J connectivity index is 2.23. The molecule has 0 aliphatic carbocycles. The highest BCUT2D eigenvalue weighted by atomic mass is 19.3. The van der Waals surface area contributed by atoms with E-state index in [1.165, 1.54) is 12.3 Å². The average Bonchev–Trinajstić information content (AvgIpc) is 2.52. The maximum absolute atomic E-state index is 13.7. The molecule has 0 saturated carbocycles. The number of carbonyl (C=O) groups excluding carboxylic acids is 1. The third kappa shape index (κ3) is 1.88. The fourth-order valence-electron chi connectivity index (χ4n) is 1.77. The molecule has 17 heavy (non-hydrogen) atoms. The molecule has 1 saturated heterocycles. The van der Waals surface area contributed by atoms with Crippen molar-refractivity contribution in [3.8, 4) is 0 Å². The van der Waals surface area contributed by atoms with Crippen LogP contribution in [0.2, 0.25) is 0 Å². The summed E-state index contributed by atoms with van der Waals surface area (Å²) < 4.78 is 32.1. The largest absolute Gasteiger partial charge is 0.394 e. The molecule has 0 aromatic heterocycles. The predicted molar refractivity (Wildman–Crippen MR) is 51.1 cm³/mol. The quantitative estimate of drug-likeness (QED) is 0.601. The van der Waals surface area contributed by atoms with Gasteiger partial charge in [0.1, 0.15) is 6.10 Å². The summed E-state index contributed by atoms with van der Waals surface area (Å²) in [6, 6.07) is -0.733. The molecule has 6 nitrogen and oxygen atoms in total. The Hall–Kier alpha value is -1.25. The van der Waals surface area contributed by atoms with Crippen LogP contribution in [0.15, 0.2) is 12.3 Å². The monoisotopic (exact) mass is 250 g/mol. The molecule has 2 amide bonds. The number of aliphatic hydroxyl groups is 2. The van der Waals surface area contributed by atoms with Crippen LogP contribution >= 0.6 is 0 Å². The molecule has 0 aromatic rings. The number of carbonyl (C=O) groups is 1. The second-order valence-electron chi connectivity index (χ2n) is 3.81. The van der Waals surface area contributed by atoms with Gasteiger partial charge in [-0.1, -0.05) is 0 Å². The minimum atomic E-state index is -3.63. The highest BCUT2D eigenvalue weighted by molar-refractivity contribution is 5.76. The van der Waals surface area contributed by atoms with Crippen LogP contribution in [0, 0.1) is 0 Å². The molecule has 0 unspecified atom stereocenters. The van der Waals surface area contributed by atoms with Crippen molar-refractivity contribution in [1.82, 2.24) is 10.2 Å². The van der Waals surface area contributed by atoms with Gasteiger partial charge in [-0.2, -0.15) is 8.78 Å². The Kier molecular flexibility index (Phi) is 3.02. The van der Waals surface area contributed by atoms with Crippen molar-refractivity contribution in [2.75, 3.05) is 13.2 Å². The Bertz CT molecular complexity index is 350. The zero-order valence-electron chi connectivity index (χ0n) is 8.72. The van der Waals surface area contributed by atoms with Gasteiger partial charge in [0.2, 0.25) is 6.23 Å². The first-order valence-corrected chi connectivity index (χ1v) is 5.03. The minimum Gasteiger partial charge on any atom is -0.394 e. The number of alkyl halides is 2. The predicted octanol–water partition coefficient (Wildman–Crippen LogP) is -0.761. The number of nitrogens with one attached hydrogen (secondary N) is 1. The van der Waals surface area contributed by atoms with Crippen molar-refractivity contribution in [2.45, 2.75) is 24.4 Å². The molecule has 0 spiro atoms. The van der Waals surface area contributed by atoms with E-state index in [0.29, 0.717) is 4.90 Å². The van der Waals surface area contributed by atoms with Crippen molar-refractivity contribution in [1.29, 1.82) is 0 Å². The molecule has 2 aliphatic heterocycles. The second kappa shape index (κ2) is 4.21. The standard InChI is InChI=1S/C9H12F2N2O4/c10-9(11)6(15)5(4-14)17-7(9)13-3-1-2-12-8(13)16/h1,3,5-7,14-15H,2,4H2,(H,12,16)/t5-,6-,7-/m1/s1. The third-order valence-electron chi connectivity index (χ3n) is 2.68. The van der Waals surface area contributed by atoms with Crippen LogP contribution in [0.1, 0.15) is 0 Å². The van der Waals surface area contributed by atoms with E-state index in [4.69, 9.17) is 9.84 Å². The smallest absolute Gasteiger partial charge is 0.323 e. The Labute approximate surface area is 95.5 Å². The van der Waals surface area contributed by atoms with Crippen LogP contribution in [0.5, 0.6) is 0 Å². The maximum Gasteiger partial charge on any atom is 0.323 e. The summed E-state index contributed by atoms with van der Waals surface area (Å²) in [5, 5.41) is 20.4. The summed E-state index contributed by atoms with van der Waals surface area (Å²) in [6.07, 6.45) is -2.81. The first-order valence-electron chi connectivity index (χ1n) is 5.03. The van der Waals surface area contributed by atoms with E-state index < -0.39 is 37.0 Å². The topological polar surface area (TPSA) is 82.0 Å². The first-order chi connectivity index (χ1) is 7.98. The fraction of sp³-hybridized carbons (Fsp3) is 0.667. The molecule has 2 heterocycles. The van der Waals surface area contributed by atoms with E-state index in [1.807, 2.05) is 0 Å². The van der Waals surface area contributed by atoms with Gasteiger partial charge in [-0.05, 0) is 6.08 Å². The molecule has 0 aromatic carbocycles. The number of hydrogen-bond donors (Lipinski definition) is 3. The molecule has 2 rings (SSSR count). The third-order valence-corrected chi connectivity index (χ3v) is 2.68. The molecular formula is C9H12F2N2O4. The van der Waals surface area contributed by atoms with Gasteiger partial charge in [0.05, 0.1) is 6.61 Å². The molecule has 96 valence electrons.